The zero-order chi connectivity index (χ0) is 20.8. The third-order valence-electron chi connectivity index (χ3n) is 7.30. The van der Waals surface area contributed by atoms with Crippen LogP contribution in [0.25, 0.3) is 0 Å². The summed E-state index contributed by atoms with van der Waals surface area (Å²) in [5.41, 5.74) is 1.23. The Morgan fingerprint density at radius 3 is 2.53 bits per heavy atom. The van der Waals surface area contributed by atoms with E-state index in [4.69, 9.17) is 21.1 Å². The number of hydrogen-bond donors (Lipinski definition) is 0. The number of nitrogens with zero attached hydrogens (tertiary/aromatic N) is 2. The fourth-order valence-corrected chi connectivity index (χ4v) is 5.98. The Bertz CT molecular complexity index is 762. The molecule has 0 radical (unpaired) electrons. The molecule has 7 atom stereocenters. The molecule has 0 aromatic heterocycles. The zero-order valence-corrected chi connectivity index (χ0v) is 18.8. The number of halogens is 1. The van der Waals surface area contributed by atoms with E-state index in [0.29, 0.717) is 17.7 Å². The van der Waals surface area contributed by atoms with Crippen molar-refractivity contribution in [1.82, 2.24) is 9.80 Å². The zero-order valence-electron chi connectivity index (χ0n) is 18.0. The van der Waals surface area contributed by atoms with Crippen LogP contribution < -0.4 is 0 Å². The minimum absolute atomic E-state index is 0.135. The van der Waals surface area contributed by atoms with Gasteiger partial charge in [-0.15, -0.1) is 0 Å². The van der Waals surface area contributed by atoms with Gasteiger partial charge in [-0.1, -0.05) is 23.7 Å². The summed E-state index contributed by atoms with van der Waals surface area (Å²) in [5, 5.41) is 0.748. The highest BCUT2D eigenvalue weighted by atomic mass is 35.5. The number of piperidine rings is 1. The van der Waals surface area contributed by atoms with Gasteiger partial charge in [-0.05, 0) is 62.6 Å². The van der Waals surface area contributed by atoms with Crippen molar-refractivity contribution in [3.8, 4) is 0 Å². The van der Waals surface area contributed by atoms with Gasteiger partial charge < -0.3 is 14.4 Å². The van der Waals surface area contributed by atoms with Crippen molar-refractivity contribution in [2.45, 2.75) is 63.4 Å². The van der Waals surface area contributed by atoms with Crippen LogP contribution in [0.15, 0.2) is 24.3 Å². The summed E-state index contributed by atoms with van der Waals surface area (Å²) >= 11 is 6.00. The predicted octanol–water partition coefficient (Wildman–Crippen LogP) is 3.56. The maximum Gasteiger partial charge on any atom is 0.226 e. The van der Waals surface area contributed by atoms with Crippen LogP contribution in [-0.4, -0.2) is 72.8 Å². The van der Waals surface area contributed by atoms with Crippen molar-refractivity contribution in [2.75, 3.05) is 32.7 Å². The average Bonchev–Trinajstić information content (AvgIpc) is 3.39. The van der Waals surface area contributed by atoms with Crippen LogP contribution in [0.2, 0.25) is 5.02 Å². The number of ether oxygens (including phenoxy) is 2. The summed E-state index contributed by atoms with van der Waals surface area (Å²) in [7, 11) is 0. The molecule has 0 bridgehead atoms. The normalized spacial score (nSPS) is 39.0. The van der Waals surface area contributed by atoms with E-state index in [-0.39, 0.29) is 30.3 Å². The second kappa shape index (κ2) is 8.42. The Morgan fingerprint density at radius 1 is 1.07 bits per heavy atom. The lowest BCUT2D eigenvalue weighted by Gasteiger charge is -2.36. The molecule has 1 aliphatic carbocycles. The number of benzene rings is 1. The largest absolute Gasteiger partial charge is 0.373 e. The van der Waals surface area contributed by atoms with Crippen molar-refractivity contribution in [2.24, 2.45) is 11.8 Å². The molecule has 3 heterocycles. The molecule has 1 aromatic rings. The highest BCUT2D eigenvalue weighted by Gasteiger charge is 2.48. The monoisotopic (exact) mass is 432 g/mol. The van der Waals surface area contributed by atoms with Crippen molar-refractivity contribution in [1.29, 1.82) is 0 Å². The average molecular weight is 433 g/mol. The molecule has 30 heavy (non-hydrogen) atoms. The number of rotatable bonds is 4. The van der Waals surface area contributed by atoms with E-state index in [0.717, 1.165) is 57.0 Å². The second-order valence-corrected chi connectivity index (χ2v) is 10.3. The van der Waals surface area contributed by atoms with Crippen LogP contribution >= 0.6 is 11.6 Å². The summed E-state index contributed by atoms with van der Waals surface area (Å²) in [6.07, 6.45) is 4.23. The standard InChI is InChI=1S/C24H33ClN2O3/c1-15-11-26(12-16(2)29-15)13-20-9-18-7-8-27(14-23(18)30-20)24(28)22-10-21(22)17-3-5-19(25)6-4-17/h3-6,15-16,18,20-23H,7-14H2,1-2H3/t15?,16?,18-,20?,21?,22?,23-/m0/s1. The first-order chi connectivity index (χ1) is 14.5. The van der Waals surface area contributed by atoms with Crippen molar-refractivity contribution in [3.05, 3.63) is 34.9 Å². The molecular weight excluding hydrogens is 400 g/mol. The molecule has 4 aliphatic rings. The number of carbonyl (C=O) groups excluding carboxylic acids is 1. The van der Waals surface area contributed by atoms with E-state index in [1.165, 1.54) is 5.56 Å². The van der Waals surface area contributed by atoms with Crippen molar-refractivity contribution in [3.63, 3.8) is 0 Å². The minimum atomic E-state index is 0.135. The first-order valence-electron chi connectivity index (χ1n) is 11.5. The topological polar surface area (TPSA) is 42.0 Å². The Labute approximate surface area is 184 Å². The van der Waals surface area contributed by atoms with Gasteiger partial charge >= 0.3 is 0 Å². The number of likely N-dealkylation sites (tertiary alicyclic amines) is 1. The molecule has 1 amide bonds. The number of fused-ring (bicyclic) bond motifs is 1. The van der Waals surface area contributed by atoms with Crippen molar-refractivity contribution < 1.29 is 14.3 Å². The number of carbonyl (C=O) groups is 1. The van der Waals surface area contributed by atoms with Crippen molar-refractivity contribution >= 4 is 17.5 Å². The van der Waals surface area contributed by atoms with Gasteiger partial charge in [0.25, 0.3) is 0 Å². The molecule has 3 aliphatic heterocycles. The fraction of sp³-hybridized carbons (Fsp3) is 0.708. The fourth-order valence-electron chi connectivity index (χ4n) is 5.85. The lowest BCUT2D eigenvalue weighted by atomic mass is 9.91. The van der Waals surface area contributed by atoms with Crippen LogP contribution in [0.4, 0.5) is 0 Å². The molecule has 0 spiro atoms. The van der Waals surface area contributed by atoms with E-state index in [1.54, 1.807) is 0 Å². The molecule has 5 nitrogen and oxygen atoms in total. The summed E-state index contributed by atoms with van der Waals surface area (Å²) in [6.45, 7) is 8.90. The van der Waals surface area contributed by atoms with Gasteiger partial charge in [0.15, 0.2) is 0 Å². The highest BCUT2D eigenvalue weighted by Crippen LogP contribution is 2.49. The number of morpholine rings is 1. The molecule has 5 unspecified atom stereocenters. The van der Waals surface area contributed by atoms with E-state index in [9.17, 15) is 4.79 Å². The molecule has 4 fully saturated rings. The molecular formula is C24H33ClN2O3. The second-order valence-electron chi connectivity index (χ2n) is 9.84. The number of amides is 1. The quantitative estimate of drug-likeness (QED) is 0.729. The van der Waals surface area contributed by atoms with E-state index in [2.05, 4.69) is 35.8 Å². The Morgan fingerprint density at radius 2 is 1.80 bits per heavy atom. The first kappa shape index (κ1) is 20.7. The lowest BCUT2D eigenvalue weighted by molar-refractivity contribution is -0.137. The van der Waals surface area contributed by atoms with E-state index >= 15 is 0 Å². The van der Waals surface area contributed by atoms with Gasteiger partial charge in [-0.3, -0.25) is 9.69 Å². The maximum absolute atomic E-state index is 13.1. The smallest absolute Gasteiger partial charge is 0.226 e. The maximum atomic E-state index is 13.1. The van der Waals surface area contributed by atoms with Gasteiger partial charge in [-0.25, -0.2) is 0 Å². The molecule has 164 valence electrons. The van der Waals surface area contributed by atoms with Crippen LogP contribution in [0.5, 0.6) is 0 Å². The van der Waals surface area contributed by atoms with Crippen LogP contribution in [0.1, 0.15) is 44.6 Å². The highest BCUT2D eigenvalue weighted by molar-refractivity contribution is 6.30. The Kier molecular flexibility index (Phi) is 5.82. The summed E-state index contributed by atoms with van der Waals surface area (Å²) in [5.74, 6) is 1.41. The van der Waals surface area contributed by atoms with Gasteiger partial charge in [0.2, 0.25) is 5.91 Å². The number of hydrogen-bond acceptors (Lipinski definition) is 4. The van der Waals surface area contributed by atoms with Crippen LogP contribution in [-0.2, 0) is 14.3 Å². The predicted molar refractivity (Wildman–Crippen MR) is 117 cm³/mol. The Hall–Kier alpha value is -1.14. The van der Waals surface area contributed by atoms with Gasteiger partial charge in [0, 0.05) is 43.7 Å². The Balaban J connectivity index is 1.13. The third-order valence-corrected chi connectivity index (χ3v) is 7.56. The molecule has 1 saturated carbocycles. The summed E-state index contributed by atoms with van der Waals surface area (Å²) < 4.78 is 12.3. The van der Waals surface area contributed by atoms with Gasteiger partial charge in [-0.2, -0.15) is 0 Å². The molecule has 0 N–H and O–H groups in total. The minimum Gasteiger partial charge on any atom is -0.373 e. The summed E-state index contributed by atoms with van der Waals surface area (Å²) in [6, 6.07) is 7.96. The van der Waals surface area contributed by atoms with Crippen LogP contribution in [0.3, 0.4) is 0 Å². The third kappa shape index (κ3) is 4.40. The van der Waals surface area contributed by atoms with Gasteiger partial charge in [0.05, 0.1) is 24.4 Å². The lowest BCUT2D eigenvalue weighted by Crippen LogP contribution is -2.48. The summed E-state index contributed by atoms with van der Waals surface area (Å²) in [4.78, 5) is 17.7. The molecule has 3 saturated heterocycles. The molecule has 1 aromatic carbocycles. The van der Waals surface area contributed by atoms with E-state index < -0.39 is 0 Å². The van der Waals surface area contributed by atoms with Gasteiger partial charge in [0.1, 0.15) is 0 Å². The molecule has 5 rings (SSSR count). The van der Waals surface area contributed by atoms with E-state index in [1.807, 2.05) is 12.1 Å². The van der Waals surface area contributed by atoms with Crippen LogP contribution in [0, 0.1) is 11.8 Å². The SMILES string of the molecule is CC1CN(CC2C[C@@H]3CCN(C(=O)C4CC4c4ccc(Cl)cc4)C[C@@H]3O2)CC(C)O1. The molecule has 6 heteroatoms. The first-order valence-corrected chi connectivity index (χ1v) is 11.9.